The highest BCUT2D eigenvalue weighted by atomic mass is 16.5. The summed E-state index contributed by atoms with van der Waals surface area (Å²) in [5.74, 6) is -0.0835. The highest BCUT2D eigenvalue weighted by Gasteiger charge is 2.13. The number of ether oxygens (including phenoxy) is 2. The molecule has 0 radical (unpaired) electrons. The molecule has 0 aliphatic heterocycles. The fourth-order valence-corrected chi connectivity index (χ4v) is 1.03. The van der Waals surface area contributed by atoms with Crippen molar-refractivity contribution in [1.29, 1.82) is 0 Å². The summed E-state index contributed by atoms with van der Waals surface area (Å²) in [6.45, 7) is 15.2. The van der Waals surface area contributed by atoms with E-state index in [1.165, 1.54) is 0 Å². The zero-order valence-electron chi connectivity index (χ0n) is 14.4. The van der Waals surface area contributed by atoms with Crippen LogP contribution in [0.5, 0.6) is 0 Å². The number of hydrogen-bond acceptors (Lipinski definition) is 4. The summed E-state index contributed by atoms with van der Waals surface area (Å²) in [6.07, 6.45) is 1.74. The Morgan fingerprint density at radius 3 is 1.10 bits per heavy atom. The fraction of sp³-hybridized carbons (Fsp3) is 0.875. The molecule has 0 heterocycles. The molecule has 2 atom stereocenters. The Morgan fingerprint density at radius 2 is 0.950 bits per heavy atom. The Balaban J connectivity index is 0. The van der Waals surface area contributed by atoms with Crippen LogP contribution in [0, 0.1) is 11.8 Å². The van der Waals surface area contributed by atoms with Gasteiger partial charge in [-0.3, -0.25) is 9.59 Å². The van der Waals surface area contributed by atoms with E-state index in [4.69, 9.17) is 9.47 Å². The average Bonchev–Trinajstić information content (AvgIpc) is 2.35. The van der Waals surface area contributed by atoms with E-state index in [9.17, 15) is 9.59 Å². The first kappa shape index (κ1) is 21.2. The van der Waals surface area contributed by atoms with Crippen LogP contribution in [0.15, 0.2) is 0 Å². The minimum Gasteiger partial charge on any atom is -0.463 e. The Bertz CT molecular complexity index is 244. The fourth-order valence-electron chi connectivity index (χ4n) is 1.03. The molecule has 0 N–H and O–H groups in total. The first-order chi connectivity index (χ1) is 9.15. The van der Waals surface area contributed by atoms with Gasteiger partial charge in [0.2, 0.25) is 0 Å². The maximum Gasteiger partial charge on any atom is 0.308 e. The van der Waals surface area contributed by atoms with Gasteiger partial charge >= 0.3 is 11.9 Å². The van der Waals surface area contributed by atoms with E-state index in [-0.39, 0.29) is 36.0 Å². The molecule has 0 aromatic heterocycles. The Morgan fingerprint density at radius 1 is 0.700 bits per heavy atom. The quantitative estimate of drug-likeness (QED) is 0.694. The molecule has 0 fully saturated rings. The van der Waals surface area contributed by atoms with E-state index in [1.54, 1.807) is 0 Å². The lowest BCUT2D eigenvalue weighted by Crippen LogP contribution is -2.18. The van der Waals surface area contributed by atoms with Crippen molar-refractivity contribution in [2.75, 3.05) is 0 Å². The maximum atomic E-state index is 11.0. The third-order valence-electron chi connectivity index (χ3n) is 2.73. The summed E-state index contributed by atoms with van der Waals surface area (Å²) in [5, 5.41) is 0. The lowest BCUT2D eigenvalue weighted by molar-refractivity contribution is -0.152. The molecule has 0 aromatic rings. The van der Waals surface area contributed by atoms with Gasteiger partial charge in [0.05, 0.1) is 24.0 Å². The first-order valence-corrected chi connectivity index (χ1v) is 7.56. The minimum absolute atomic E-state index is 0.0153. The molecule has 4 heteroatoms. The molecule has 0 aliphatic rings. The second-order valence-corrected chi connectivity index (χ2v) is 5.59. The van der Waals surface area contributed by atoms with Crippen LogP contribution in [0.25, 0.3) is 0 Å². The van der Waals surface area contributed by atoms with Gasteiger partial charge in [0.1, 0.15) is 0 Å². The first-order valence-electron chi connectivity index (χ1n) is 7.56. The van der Waals surface area contributed by atoms with E-state index in [2.05, 4.69) is 0 Å². The molecule has 120 valence electrons. The molecular formula is C16H32O4. The van der Waals surface area contributed by atoms with Crippen molar-refractivity contribution in [2.24, 2.45) is 11.8 Å². The summed E-state index contributed by atoms with van der Waals surface area (Å²) in [4.78, 5) is 21.9. The summed E-state index contributed by atoms with van der Waals surface area (Å²) in [7, 11) is 0. The van der Waals surface area contributed by atoms with Crippen molar-refractivity contribution in [3.8, 4) is 0 Å². The van der Waals surface area contributed by atoms with Gasteiger partial charge in [0, 0.05) is 0 Å². The van der Waals surface area contributed by atoms with Crippen molar-refractivity contribution < 1.29 is 19.1 Å². The SMILES string of the molecule is CCC(C)C(=O)OC(C)C.CCC(C)C(=O)OC(C)C. The summed E-state index contributed by atoms with van der Waals surface area (Å²) >= 11 is 0. The van der Waals surface area contributed by atoms with Crippen molar-refractivity contribution in [3.05, 3.63) is 0 Å². The monoisotopic (exact) mass is 288 g/mol. The smallest absolute Gasteiger partial charge is 0.308 e. The van der Waals surface area contributed by atoms with Gasteiger partial charge in [-0.15, -0.1) is 0 Å². The van der Waals surface area contributed by atoms with E-state index >= 15 is 0 Å². The van der Waals surface area contributed by atoms with Crippen LogP contribution in [0.2, 0.25) is 0 Å². The zero-order chi connectivity index (χ0) is 16.3. The minimum atomic E-state index is -0.0856. The zero-order valence-corrected chi connectivity index (χ0v) is 14.4. The van der Waals surface area contributed by atoms with Crippen molar-refractivity contribution >= 4 is 11.9 Å². The van der Waals surface area contributed by atoms with Crippen LogP contribution in [-0.4, -0.2) is 24.1 Å². The predicted octanol–water partition coefficient (Wildman–Crippen LogP) is 3.97. The molecule has 0 saturated carbocycles. The topological polar surface area (TPSA) is 52.6 Å². The van der Waals surface area contributed by atoms with Gasteiger partial charge in [0.25, 0.3) is 0 Å². The Labute approximate surface area is 124 Å². The molecule has 2 unspecified atom stereocenters. The van der Waals surface area contributed by atoms with E-state index in [1.807, 2.05) is 55.4 Å². The number of rotatable bonds is 6. The van der Waals surface area contributed by atoms with Crippen LogP contribution in [0.3, 0.4) is 0 Å². The summed E-state index contributed by atoms with van der Waals surface area (Å²) < 4.78 is 9.93. The third kappa shape index (κ3) is 12.0. The van der Waals surface area contributed by atoms with Crippen LogP contribution < -0.4 is 0 Å². The van der Waals surface area contributed by atoms with Gasteiger partial charge in [0.15, 0.2) is 0 Å². The molecule has 0 spiro atoms. The standard InChI is InChI=1S/2C8H16O2/c2*1-5-7(4)8(9)10-6(2)3/h2*6-7H,5H2,1-4H3. The maximum absolute atomic E-state index is 11.0. The second-order valence-electron chi connectivity index (χ2n) is 5.59. The molecule has 0 bridgehead atoms. The number of carbonyl (C=O) groups is 2. The molecule has 20 heavy (non-hydrogen) atoms. The van der Waals surface area contributed by atoms with Gasteiger partial charge in [-0.05, 0) is 40.5 Å². The normalized spacial score (nSPS) is 13.3. The molecule has 0 aromatic carbocycles. The van der Waals surface area contributed by atoms with Crippen LogP contribution in [-0.2, 0) is 19.1 Å². The van der Waals surface area contributed by atoms with Gasteiger partial charge < -0.3 is 9.47 Å². The van der Waals surface area contributed by atoms with Crippen molar-refractivity contribution in [2.45, 2.75) is 80.4 Å². The second kappa shape index (κ2) is 11.7. The Kier molecular flexibility index (Phi) is 12.5. The number of esters is 2. The molecule has 0 rings (SSSR count). The van der Waals surface area contributed by atoms with Crippen LogP contribution >= 0.6 is 0 Å². The third-order valence-corrected chi connectivity index (χ3v) is 2.73. The number of hydrogen-bond donors (Lipinski definition) is 0. The highest BCUT2D eigenvalue weighted by molar-refractivity contribution is 5.72. The van der Waals surface area contributed by atoms with E-state index < -0.39 is 0 Å². The van der Waals surface area contributed by atoms with Gasteiger partial charge in [-0.25, -0.2) is 0 Å². The van der Waals surface area contributed by atoms with E-state index in [0.29, 0.717) is 0 Å². The molecule has 0 saturated heterocycles. The summed E-state index contributed by atoms with van der Waals surface area (Å²) in [5.41, 5.74) is 0. The number of carbonyl (C=O) groups excluding carboxylic acids is 2. The Hall–Kier alpha value is -1.06. The average molecular weight is 288 g/mol. The predicted molar refractivity (Wildman–Crippen MR) is 81.4 cm³/mol. The highest BCUT2D eigenvalue weighted by Crippen LogP contribution is 2.05. The molecule has 4 nitrogen and oxygen atoms in total. The largest absolute Gasteiger partial charge is 0.463 e. The molecule has 0 amide bonds. The van der Waals surface area contributed by atoms with Gasteiger partial charge in [-0.1, -0.05) is 27.7 Å². The van der Waals surface area contributed by atoms with Crippen LogP contribution in [0.1, 0.15) is 68.2 Å². The molecule has 0 aliphatic carbocycles. The lowest BCUT2D eigenvalue weighted by Gasteiger charge is -2.11. The summed E-state index contributed by atoms with van der Waals surface area (Å²) in [6, 6.07) is 0. The van der Waals surface area contributed by atoms with E-state index in [0.717, 1.165) is 12.8 Å². The van der Waals surface area contributed by atoms with Crippen LogP contribution in [0.4, 0.5) is 0 Å². The molecular weight excluding hydrogens is 256 g/mol. The van der Waals surface area contributed by atoms with Crippen molar-refractivity contribution in [1.82, 2.24) is 0 Å². The van der Waals surface area contributed by atoms with Gasteiger partial charge in [-0.2, -0.15) is 0 Å². The lowest BCUT2D eigenvalue weighted by atomic mass is 10.1. The van der Waals surface area contributed by atoms with Crippen molar-refractivity contribution in [3.63, 3.8) is 0 Å².